The van der Waals surface area contributed by atoms with Crippen molar-refractivity contribution < 1.29 is 14.3 Å². The average molecular weight is 311 g/mol. The molecule has 0 bridgehead atoms. The molecule has 0 aliphatic carbocycles. The van der Waals surface area contributed by atoms with Gasteiger partial charge in [0.2, 0.25) is 11.8 Å². The second kappa shape index (κ2) is 6.35. The van der Waals surface area contributed by atoms with Crippen LogP contribution in [0.5, 0.6) is 5.75 Å². The number of piperazine rings is 1. The number of halogens is 1. The first-order chi connectivity index (χ1) is 9.99. The molecule has 2 unspecified atom stereocenters. The van der Waals surface area contributed by atoms with Crippen LogP contribution >= 0.6 is 11.6 Å². The molecule has 6 heteroatoms. The Balaban J connectivity index is 2.39. The van der Waals surface area contributed by atoms with E-state index >= 15 is 0 Å². The second-order valence-electron chi connectivity index (χ2n) is 5.05. The Morgan fingerprint density at radius 3 is 2.71 bits per heavy atom. The molecule has 1 saturated heterocycles. The van der Waals surface area contributed by atoms with E-state index in [1.54, 1.807) is 25.1 Å². The van der Waals surface area contributed by atoms with Crippen molar-refractivity contribution >= 4 is 29.1 Å². The highest BCUT2D eigenvalue weighted by Gasteiger charge is 2.38. The van der Waals surface area contributed by atoms with Gasteiger partial charge in [-0.15, -0.1) is 0 Å². The lowest BCUT2D eigenvalue weighted by atomic mass is 10.0. The van der Waals surface area contributed by atoms with E-state index in [4.69, 9.17) is 16.3 Å². The van der Waals surface area contributed by atoms with Gasteiger partial charge in [0.25, 0.3) is 0 Å². The number of anilines is 1. The van der Waals surface area contributed by atoms with Crippen molar-refractivity contribution in [1.82, 2.24) is 5.32 Å². The summed E-state index contributed by atoms with van der Waals surface area (Å²) in [5.41, 5.74) is 0.615. The van der Waals surface area contributed by atoms with Crippen LogP contribution < -0.4 is 15.0 Å². The molecular formula is C15H19ClN2O3. The van der Waals surface area contributed by atoms with Gasteiger partial charge in [0.05, 0.1) is 12.1 Å². The normalized spacial score (nSPS) is 22.2. The van der Waals surface area contributed by atoms with Crippen LogP contribution in [0.3, 0.4) is 0 Å². The minimum absolute atomic E-state index is 0.103. The van der Waals surface area contributed by atoms with E-state index in [1.165, 1.54) is 12.0 Å². The van der Waals surface area contributed by atoms with Crippen molar-refractivity contribution in [3.05, 3.63) is 23.2 Å². The fraction of sp³-hybridized carbons (Fsp3) is 0.467. The van der Waals surface area contributed by atoms with Crippen molar-refractivity contribution in [1.29, 1.82) is 0 Å². The standard InChI is InChI=1S/C15H19ClN2O3/c1-4-5-12-15(20)18(9(2)14(19)17-12)10-6-7-11(16)13(8-10)21-3/h6-9,12H,4-5H2,1-3H3,(H,17,19). The third-order valence-corrected chi connectivity index (χ3v) is 3.92. The van der Waals surface area contributed by atoms with Crippen LogP contribution in [0, 0.1) is 0 Å². The van der Waals surface area contributed by atoms with Gasteiger partial charge in [-0.05, 0) is 25.5 Å². The van der Waals surface area contributed by atoms with Crippen LogP contribution in [0.2, 0.25) is 5.02 Å². The summed E-state index contributed by atoms with van der Waals surface area (Å²) in [5.74, 6) is 0.225. The molecule has 2 rings (SSSR count). The van der Waals surface area contributed by atoms with Gasteiger partial charge in [-0.25, -0.2) is 0 Å². The van der Waals surface area contributed by atoms with Gasteiger partial charge in [0.1, 0.15) is 17.8 Å². The van der Waals surface area contributed by atoms with Gasteiger partial charge in [-0.3, -0.25) is 14.5 Å². The molecule has 5 nitrogen and oxygen atoms in total. The van der Waals surface area contributed by atoms with Crippen LogP contribution in [0.4, 0.5) is 5.69 Å². The van der Waals surface area contributed by atoms with Crippen molar-refractivity contribution in [2.24, 2.45) is 0 Å². The summed E-state index contributed by atoms with van der Waals surface area (Å²) in [6.07, 6.45) is 1.45. The molecule has 1 N–H and O–H groups in total. The number of amides is 2. The molecule has 114 valence electrons. The van der Waals surface area contributed by atoms with Gasteiger partial charge in [-0.2, -0.15) is 0 Å². The number of hydrogen-bond acceptors (Lipinski definition) is 3. The molecule has 1 aliphatic heterocycles. The molecule has 0 radical (unpaired) electrons. The lowest BCUT2D eigenvalue weighted by Crippen LogP contribution is -2.62. The zero-order valence-electron chi connectivity index (χ0n) is 12.4. The fourth-order valence-corrected chi connectivity index (χ4v) is 2.66. The third kappa shape index (κ3) is 2.97. The Morgan fingerprint density at radius 2 is 2.10 bits per heavy atom. The predicted molar refractivity (Wildman–Crippen MR) is 81.8 cm³/mol. The van der Waals surface area contributed by atoms with E-state index in [0.29, 0.717) is 22.9 Å². The first-order valence-corrected chi connectivity index (χ1v) is 7.34. The fourth-order valence-electron chi connectivity index (χ4n) is 2.46. The molecule has 1 heterocycles. The lowest BCUT2D eigenvalue weighted by molar-refractivity contribution is -0.133. The van der Waals surface area contributed by atoms with E-state index in [9.17, 15) is 9.59 Å². The monoisotopic (exact) mass is 310 g/mol. The van der Waals surface area contributed by atoms with Crippen LogP contribution in [-0.4, -0.2) is 31.0 Å². The van der Waals surface area contributed by atoms with Crippen molar-refractivity contribution in [2.75, 3.05) is 12.0 Å². The zero-order valence-corrected chi connectivity index (χ0v) is 13.1. The van der Waals surface area contributed by atoms with Gasteiger partial charge in [0.15, 0.2) is 0 Å². The molecule has 1 aliphatic rings. The second-order valence-corrected chi connectivity index (χ2v) is 5.46. The minimum Gasteiger partial charge on any atom is -0.495 e. The molecule has 1 aromatic carbocycles. The highest BCUT2D eigenvalue weighted by atomic mass is 35.5. The summed E-state index contributed by atoms with van der Waals surface area (Å²) in [6, 6.07) is 4.04. The van der Waals surface area contributed by atoms with E-state index < -0.39 is 12.1 Å². The van der Waals surface area contributed by atoms with Gasteiger partial charge >= 0.3 is 0 Å². The molecule has 0 saturated carbocycles. The molecule has 2 atom stereocenters. The molecule has 0 aromatic heterocycles. The van der Waals surface area contributed by atoms with Gasteiger partial charge in [-0.1, -0.05) is 24.9 Å². The van der Waals surface area contributed by atoms with E-state index in [0.717, 1.165) is 6.42 Å². The first-order valence-electron chi connectivity index (χ1n) is 6.96. The van der Waals surface area contributed by atoms with E-state index in [-0.39, 0.29) is 11.8 Å². The number of nitrogens with zero attached hydrogens (tertiary/aromatic N) is 1. The van der Waals surface area contributed by atoms with Crippen LogP contribution in [0.1, 0.15) is 26.7 Å². The maximum Gasteiger partial charge on any atom is 0.250 e. The zero-order chi connectivity index (χ0) is 15.6. The number of benzene rings is 1. The number of carbonyl (C=O) groups excluding carboxylic acids is 2. The van der Waals surface area contributed by atoms with E-state index in [1.807, 2.05) is 6.92 Å². The van der Waals surface area contributed by atoms with Gasteiger partial charge in [0, 0.05) is 11.8 Å². The van der Waals surface area contributed by atoms with E-state index in [2.05, 4.69) is 5.32 Å². The number of hydrogen-bond donors (Lipinski definition) is 1. The van der Waals surface area contributed by atoms with Crippen molar-refractivity contribution in [3.63, 3.8) is 0 Å². The Labute approximate surface area is 129 Å². The molecule has 1 fully saturated rings. The summed E-state index contributed by atoms with van der Waals surface area (Å²) in [6.45, 7) is 3.68. The largest absolute Gasteiger partial charge is 0.495 e. The number of ether oxygens (including phenoxy) is 1. The molecule has 2 amide bonds. The summed E-state index contributed by atoms with van der Waals surface area (Å²) in [7, 11) is 1.51. The minimum atomic E-state index is -0.559. The Bertz CT molecular complexity index is 562. The van der Waals surface area contributed by atoms with Crippen LogP contribution in [-0.2, 0) is 9.59 Å². The highest BCUT2D eigenvalue weighted by molar-refractivity contribution is 6.32. The van der Waals surface area contributed by atoms with Crippen molar-refractivity contribution in [3.8, 4) is 5.75 Å². The Morgan fingerprint density at radius 1 is 1.38 bits per heavy atom. The summed E-state index contributed by atoms with van der Waals surface area (Å²) < 4.78 is 5.18. The maximum atomic E-state index is 12.6. The summed E-state index contributed by atoms with van der Waals surface area (Å²) in [5, 5.41) is 3.23. The average Bonchev–Trinajstić information content (AvgIpc) is 2.46. The summed E-state index contributed by atoms with van der Waals surface area (Å²) in [4.78, 5) is 26.2. The van der Waals surface area contributed by atoms with Crippen LogP contribution in [0.15, 0.2) is 18.2 Å². The first kappa shape index (κ1) is 15.6. The quantitative estimate of drug-likeness (QED) is 0.929. The number of carbonyl (C=O) groups is 2. The maximum absolute atomic E-state index is 12.6. The molecule has 21 heavy (non-hydrogen) atoms. The lowest BCUT2D eigenvalue weighted by Gasteiger charge is -2.37. The SMILES string of the molecule is CCCC1NC(=O)C(C)N(c2ccc(Cl)c(OC)c2)C1=O. The number of rotatable bonds is 4. The molecule has 1 aromatic rings. The summed E-state index contributed by atoms with van der Waals surface area (Å²) >= 11 is 6.01. The molecular weight excluding hydrogens is 292 g/mol. The Hall–Kier alpha value is -1.75. The van der Waals surface area contributed by atoms with Crippen LogP contribution in [0.25, 0.3) is 0 Å². The topological polar surface area (TPSA) is 58.6 Å². The smallest absolute Gasteiger partial charge is 0.250 e. The Kier molecular flexibility index (Phi) is 4.73. The predicted octanol–water partition coefficient (Wildman–Crippen LogP) is 2.37. The van der Waals surface area contributed by atoms with Gasteiger partial charge < -0.3 is 10.1 Å². The highest BCUT2D eigenvalue weighted by Crippen LogP contribution is 2.31. The third-order valence-electron chi connectivity index (χ3n) is 3.61. The number of methoxy groups -OCH3 is 1. The number of nitrogens with one attached hydrogen (secondary N) is 1. The van der Waals surface area contributed by atoms with Crippen molar-refractivity contribution in [2.45, 2.75) is 38.8 Å². The molecule has 0 spiro atoms.